The van der Waals surface area contributed by atoms with Gasteiger partial charge in [-0.25, -0.2) is 0 Å². The zero-order valence-electron chi connectivity index (χ0n) is 12.0. The molecule has 1 N–H and O–H groups in total. The number of rotatable bonds is 5. The Morgan fingerprint density at radius 2 is 2.17 bits per heavy atom. The second kappa shape index (κ2) is 6.25. The quantitative estimate of drug-likeness (QED) is 0.784. The summed E-state index contributed by atoms with van der Waals surface area (Å²) in [4.78, 5) is 11.8. The van der Waals surface area contributed by atoms with Crippen molar-refractivity contribution in [3.8, 4) is 0 Å². The first kappa shape index (κ1) is 15.8. The number of carbonyl (C=O) groups excluding carboxylic acids is 1. The first-order chi connectivity index (χ1) is 8.27. The Balaban J connectivity index is 2.21. The van der Waals surface area contributed by atoms with Crippen LogP contribution < -0.4 is 5.32 Å². The summed E-state index contributed by atoms with van der Waals surface area (Å²) in [6, 6.07) is 0. The van der Waals surface area contributed by atoms with Gasteiger partial charge in [0.15, 0.2) is 0 Å². The van der Waals surface area contributed by atoms with Gasteiger partial charge < -0.3 is 10.1 Å². The van der Waals surface area contributed by atoms with Gasteiger partial charge >= 0.3 is 0 Å². The van der Waals surface area contributed by atoms with Gasteiger partial charge in [-0.1, -0.05) is 13.8 Å². The fourth-order valence-corrected chi connectivity index (χ4v) is 2.05. The molecule has 106 valence electrons. The van der Waals surface area contributed by atoms with Crippen LogP contribution in [0.3, 0.4) is 0 Å². The van der Waals surface area contributed by atoms with E-state index in [1.807, 2.05) is 13.8 Å². The summed E-state index contributed by atoms with van der Waals surface area (Å²) in [6.45, 7) is 9.66. The molecule has 1 heterocycles. The van der Waals surface area contributed by atoms with Gasteiger partial charge in [-0.2, -0.15) is 0 Å². The predicted octanol–water partition coefficient (Wildman–Crippen LogP) is 2.96. The molecule has 0 aromatic carbocycles. The van der Waals surface area contributed by atoms with Crippen molar-refractivity contribution in [1.82, 2.24) is 5.32 Å². The molecule has 0 aromatic heterocycles. The van der Waals surface area contributed by atoms with Crippen LogP contribution in [0.25, 0.3) is 0 Å². The monoisotopic (exact) mass is 275 g/mol. The minimum Gasteiger partial charge on any atom is -0.378 e. The molecule has 1 aliphatic heterocycles. The number of amides is 1. The molecule has 0 aliphatic carbocycles. The molecule has 1 unspecified atom stereocenters. The lowest BCUT2D eigenvalue weighted by Gasteiger charge is -2.34. The maximum absolute atomic E-state index is 11.8. The number of ether oxygens (including phenoxy) is 1. The van der Waals surface area contributed by atoms with Crippen LogP contribution >= 0.6 is 11.6 Å². The molecule has 4 heteroatoms. The highest BCUT2D eigenvalue weighted by atomic mass is 35.5. The highest BCUT2D eigenvalue weighted by Gasteiger charge is 2.28. The average Bonchev–Trinajstić information content (AvgIpc) is 2.31. The van der Waals surface area contributed by atoms with Gasteiger partial charge in [0.1, 0.15) is 0 Å². The molecule has 0 bridgehead atoms. The van der Waals surface area contributed by atoms with Crippen molar-refractivity contribution in [1.29, 1.82) is 0 Å². The third-order valence-corrected chi connectivity index (χ3v) is 4.22. The van der Waals surface area contributed by atoms with Gasteiger partial charge in [-0.05, 0) is 38.5 Å². The summed E-state index contributed by atoms with van der Waals surface area (Å²) in [5, 5.41) is 2.94. The van der Waals surface area contributed by atoms with Crippen molar-refractivity contribution in [3.05, 3.63) is 0 Å². The molecule has 0 aromatic rings. The van der Waals surface area contributed by atoms with Crippen molar-refractivity contribution in [3.63, 3.8) is 0 Å². The number of halogens is 1. The summed E-state index contributed by atoms with van der Waals surface area (Å²) in [7, 11) is 0. The van der Waals surface area contributed by atoms with E-state index in [-0.39, 0.29) is 12.0 Å². The number of hydrogen-bond acceptors (Lipinski definition) is 2. The van der Waals surface area contributed by atoms with Crippen LogP contribution in [0.4, 0.5) is 0 Å². The van der Waals surface area contributed by atoms with Gasteiger partial charge in [0.05, 0.1) is 18.1 Å². The normalized spacial score (nSPS) is 23.7. The Kier molecular flexibility index (Phi) is 5.47. The van der Waals surface area contributed by atoms with Crippen molar-refractivity contribution in [2.24, 2.45) is 10.8 Å². The number of carbonyl (C=O) groups is 1. The van der Waals surface area contributed by atoms with E-state index in [0.717, 1.165) is 19.4 Å². The molecular weight excluding hydrogens is 250 g/mol. The van der Waals surface area contributed by atoms with E-state index in [2.05, 4.69) is 19.2 Å². The molecular formula is C14H26ClNO2. The zero-order valence-corrected chi connectivity index (χ0v) is 12.8. The lowest BCUT2D eigenvalue weighted by Crippen LogP contribution is -2.40. The van der Waals surface area contributed by atoms with Gasteiger partial charge in [-0.3, -0.25) is 4.79 Å². The third kappa shape index (κ3) is 4.77. The Hall–Kier alpha value is -0.280. The van der Waals surface area contributed by atoms with Crippen molar-refractivity contribution < 1.29 is 9.53 Å². The largest absolute Gasteiger partial charge is 0.378 e. The second-order valence-corrected chi connectivity index (χ2v) is 6.97. The molecule has 3 nitrogen and oxygen atoms in total. The standard InChI is InChI=1S/C14H26ClNO2/c1-13(2)7-5-11(18-10-13)6-8-16-12(17)14(3,4)9-15/h11H,5-10H2,1-4H3,(H,16,17). The molecule has 1 amide bonds. The van der Waals surface area contributed by atoms with Crippen LogP contribution in [-0.4, -0.2) is 31.0 Å². The lowest BCUT2D eigenvalue weighted by molar-refractivity contribution is -0.128. The highest BCUT2D eigenvalue weighted by molar-refractivity contribution is 6.19. The highest BCUT2D eigenvalue weighted by Crippen LogP contribution is 2.30. The summed E-state index contributed by atoms with van der Waals surface area (Å²) >= 11 is 5.76. The van der Waals surface area contributed by atoms with Gasteiger partial charge in [-0.15, -0.1) is 11.6 Å². The van der Waals surface area contributed by atoms with Crippen molar-refractivity contribution in [2.45, 2.75) is 53.1 Å². The van der Waals surface area contributed by atoms with Crippen LogP contribution in [-0.2, 0) is 9.53 Å². The smallest absolute Gasteiger partial charge is 0.226 e. The molecule has 0 saturated carbocycles. The fourth-order valence-electron chi connectivity index (χ4n) is 1.92. The Bertz CT molecular complexity index is 280. The van der Waals surface area contributed by atoms with Crippen molar-refractivity contribution >= 4 is 17.5 Å². The van der Waals surface area contributed by atoms with Crippen LogP contribution in [0, 0.1) is 10.8 Å². The molecule has 1 fully saturated rings. The summed E-state index contributed by atoms with van der Waals surface area (Å²) in [5.41, 5.74) is -0.183. The van der Waals surface area contributed by atoms with Gasteiger partial charge in [0.2, 0.25) is 5.91 Å². The Morgan fingerprint density at radius 3 is 2.67 bits per heavy atom. The maximum atomic E-state index is 11.8. The predicted molar refractivity (Wildman–Crippen MR) is 74.9 cm³/mol. The first-order valence-electron chi connectivity index (χ1n) is 6.73. The summed E-state index contributed by atoms with van der Waals surface area (Å²) < 4.78 is 5.81. The van der Waals surface area contributed by atoms with Crippen LogP contribution in [0.1, 0.15) is 47.0 Å². The molecule has 0 spiro atoms. The SMILES string of the molecule is CC1(C)CCC(CCNC(=O)C(C)(C)CCl)OC1. The molecule has 1 atom stereocenters. The van der Waals surface area contributed by atoms with E-state index >= 15 is 0 Å². The van der Waals surface area contributed by atoms with Gasteiger partial charge in [0.25, 0.3) is 0 Å². The average molecular weight is 276 g/mol. The summed E-state index contributed by atoms with van der Waals surface area (Å²) in [5.74, 6) is 0.362. The molecule has 18 heavy (non-hydrogen) atoms. The second-order valence-electron chi connectivity index (χ2n) is 6.70. The lowest BCUT2D eigenvalue weighted by atomic mass is 9.85. The van der Waals surface area contributed by atoms with Gasteiger partial charge in [0, 0.05) is 12.4 Å². The number of nitrogens with one attached hydrogen (secondary N) is 1. The van der Waals surface area contributed by atoms with E-state index < -0.39 is 5.41 Å². The van der Waals surface area contributed by atoms with E-state index in [0.29, 0.717) is 17.8 Å². The van der Waals surface area contributed by atoms with Crippen molar-refractivity contribution in [2.75, 3.05) is 19.0 Å². The molecule has 1 rings (SSSR count). The van der Waals surface area contributed by atoms with E-state index in [9.17, 15) is 4.79 Å². The van der Waals surface area contributed by atoms with E-state index in [1.165, 1.54) is 6.42 Å². The van der Waals surface area contributed by atoms with Crippen LogP contribution in [0.5, 0.6) is 0 Å². The molecule has 0 radical (unpaired) electrons. The topological polar surface area (TPSA) is 38.3 Å². The minimum absolute atomic E-state index is 0.0219. The number of alkyl halides is 1. The van der Waals surface area contributed by atoms with Crippen LogP contribution in [0.15, 0.2) is 0 Å². The molecule has 1 aliphatic rings. The maximum Gasteiger partial charge on any atom is 0.226 e. The zero-order chi connectivity index (χ0) is 13.8. The summed E-state index contributed by atoms with van der Waals surface area (Å²) in [6.07, 6.45) is 3.46. The minimum atomic E-state index is -0.489. The van der Waals surface area contributed by atoms with E-state index in [1.54, 1.807) is 0 Å². The Morgan fingerprint density at radius 1 is 1.50 bits per heavy atom. The third-order valence-electron chi connectivity index (χ3n) is 3.55. The Labute approximate surface area is 116 Å². The van der Waals surface area contributed by atoms with Crippen LogP contribution in [0.2, 0.25) is 0 Å². The van der Waals surface area contributed by atoms with E-state index in [4.69, 9.17) is 16.3 Å². The number of hydrogen-bond donors (Lipinski definition) is 1. The first-order valence-corrected chi connectivity index (χ1v) is 7.26. The molecule has 1 saturated heterocycles. The fraction of sp³-hybridized carbons (Fsp3) is 0.929.